The summed E-state index contributed by atoms with van der Waals surface area (Å²) in [7, 11) is 0. The lowest BCUT2D eigenvalue weighted by Crippen LogP contribution is -2.26. The highest BCUT2D eigenvalue weighted by molar-refractivity contribution is 6.00. The summed E-state index contributed by atoms with van der Waals surface area (Å²) in [6, 6.07) is 13.7. The third-order valence-electron chi connectivity index (χ3n) is 4.66. The fraction of sp³-hybridized carbons (Fsp3) is 0.273. The predicted molar refractivity (Wildman–Crippen MR) is 110 cm³/mol. The molecule has 0 radical (unpaired) electrons. The van der Waals surface area contributed by atoms with Crippen LogP contribution in [-0.2, 0) is 6.54 Å². The van der Waals surface area contributed by atoms with E-state index in [2.05, 4.69) is 35.6 Å². The second-order valence-corrected chi connectivity index (χ2v) is 6.81. The Hall–Kier alpha value is -3.08. The van der Waals surface area contributed by atoms with E-state index < -0.39 is 0 Å². The summed E-state index contributed by atoms with van der Waals surface area (Å²) < 4.78 is 1.90. The summed E-state index contributed by atoms with van der Waals surface area (Å²) in [5.74, 6) is -0.0694. The van der Waals surface area contributed by atoms with E-state index in [1.165, 1.54) is 11.1 Å². The summed E-state index contributed by atoms with van der Waals surface area (Å²) in [6.07, 6.45) is 4.68. The van der Waals surface area contributed by atoms with Crippen molar-refractivity contribution < 1.29 is 4.79 Å². The molecule has 1 aromatic heterocycles. The minimum absolute atomic E-state index is 0.0694. The molecule has 2 aromatic carbocycles. The molecule has 1 heterocycles. The zero-order valence-electron chi connectivity index (χ0n) is 16.1. The van der Waals surface area contributed by atoms with E-state index in [-0.39, 0.29) is 5.91 Å². The predicted octanol–water partition coefficient (Wildman–Crippen LogP) is 4.37. The van der Waals surface area contributed by atoms with Gasteiger partial charge in [0.05, 0.1) is 17.4 Å². The number of carbonyl (C=O) groups is 1. The van der Waals surface area contributed by atoms with Crippen molar-refractivity contribution in [3.63, 3.8) is 0 Å². The third kappa shape index (κ3) is 4.76. The van der Waals surface area contributed by atoms with E-state index in [0.717, 1.165) is 29.9 Å². The molecule has 0 unspecified atom stereocenters. The molecule has 0 aliphatic carbocycles. The number of rotatable bonds is 7. The molecule has 0 aliphatic rings. The first-order chi connectivity index (χ1) is 13.0. The van der Waals surface area contributed by atoms with Crippen LogP contribution >= 0.6 is 0 Å². The number of nitrogens with zero attached hydrogens (tertiary/aromatic N) is 2. The molecule has 27 heavy (non-hydrogen) atoms. The zero-order chi connectivity index (χ0) is 19.2. The van der Waals surface area contributed by atoms with Gasteiger partial charge in [-0.05, 0) is 62.1 Å². The fourth-order valence-electron chi connectivity index (χ4n) is 2.95. The number of benzene rings is 2. The van der Waals surface area contributed by atoms with Crippen molar-refractivity contribution in [1.82, 2.24) is 15.1 Å². The summed E-state index contributed by atoms with van der Waals surface area (Å²) in [5.41, 5.74) is 6.02. The van der Waals surface area contributed by atoms with Crippen molar-refractivity contribution in [1.29, 1.82) is 0 Å². The van der Waals surface area contributed by atoms with Crippen molar-refractivity contribution in [2.24, 2.45) is 0 Å². The fourth-order valence-corrected chi connectivity index (χ4v) is 2.95. The molecule has 0 fully saturated rings. The maximum Gasteiger partial charge on any atom is 0.253 e. The summed E-state index contributed by atoms with van der Waals surface area (Å²) in [6.45, 7) is 7.58. The molecule has 0 spiro atoms. The first kappa shape index (κ1) is 18.7. The van der Waals surface area contributed by atoms with Gasteiger partial charge in [-0.25, -0.2) is 0 Å². The minimum atomic E-state index is -0.0694. The highest BCUT2D eigenvalue weighted by atomic mass is 16.1. The maximum absolute atomic E-state index is 12.6. The Balaban J connectivity index is 1.62. The van der Waals surface area contributed by atoms with Crippen LogP contribution in [0.3, 0.4) is 0 Å². The molecule has 0 bridgehead atoms. The lowest BCUT2D eigenvalue weighted by molar-refractivity contribution is 0.0953. The lowest BCUT2D eigenvalue weighted by atomic mass is 10.1. The SMILES string of the molecule is Cc1cnn(CCCNC(=O)c2ccccc2Nc2cccc(C)c2C)c1. The molecule has 3 aromatic rings. The quantitative estimate of drug-likeness (QED) is 0.614. The van der Waals surface area contributed by atoms with Gasteiger partial charge >= 0.3 is 0 Å². The van der Waals surface area contributed by atoms with Gasteiger partial charge in [-0.1, -0.05) is 24.3 Å². The Morgan fingerprint density at radius 3 is 2.59 bits per heavy atom. The number of aryl methyl sites for hydroxylation is 3. The second kappa shape index (κ2) is 8.54. The van der Waals surface area contributed by atoms with E-state index in [4.69, 9.17) is 0 Å². The largest absolute Gasteiger partial charge is 0.355 e. The minimum Gasteiger partial charge on any atom is -0.355 e. The number of para-hydroxylation sites is 1. The van der Waals surface area contributed by atoms with E-state index in [0.29, 0.717) is 12.1 Å². The van der Waals surface area contributed by atoms with E-state index in [1.807, 2.05) is 60.4 Å². The lowest BCUT2D eigenvalue weighted by Gasteiger charge is -2.15. The van der Waals surface area contributed by atoms with Crippen LogP contribution in [0.15, 0.2) is 54.9 Å². The maximum atomic E-state index is 12.6. The molecule has 0 saturated heterocycles. The number of hydrogen-bond donors (Lipinski definition) is 2. The Kier molecular flexibility index (Phi) is 5.91. The number of anilines is 2. The molecule has 1 amide bonds. The first-order valence-corrected chi connectivity index (χ1v) is 9.24. The van der Waals surface area contributed by atoms with Gasteiger partial charge in [0.2, 0.25) is 0 Å². The first-order valence-electron chi connectivity index (χ1n) is 9.24. The number of carbonyl (C=O) groups excluding carboxylic acids is 1. The normalized spacial score (nSPS) is 10.6. The second-order valence-electron chi connectivity index (χ2n) is 6.81. The van der Waals surface area contributed by atoms with Crippen molar-refractivity contribution in [3.05, 3.63) is 77.1 Å². The van der Waals surface area contributed by atoms with Crippen LogP contribution in [0, 0.1) is 20.8 Å². The van der Waals surface area contributed by atoms with E-state index >= 15 is 0 Å². The van der Waals surface area contributed by atoms with Gasteiger partial charge in [0.15, 0.2) is 0 Å². The van der Waals surface area contributed by atoms with Crippen molar-refractivity contribution >= 4 is 17.3 Å². The van der Waals surface area contributed by atoms with Crippen molar-refractivity contribution in [2.75, 3.05) is 11.9 Å². The highest BCUT2D eigenvalue weighted by Crippen LogP contribution is 2.25. The summed E-state index contributed by atoms with van der Waals surface area (Å²) >= 11 is 0. The third-order valence-corrected chi connectivity index (χ3v) is 4.66. The monoisotopic (exact) mass is 362 g/mol. The molecule has 5 heteroatoms. The van der Waals surface area contributed by atoms with Gasteiger partial charge < -0.3 is 10.6 Å². The molecule has 0 aliphatic heterocycles. The van der Waals surface area contributed by atoms with Gasteiger partial charge in [0.25, 0.3) is 5.91 Å². The molecule has 3 rings (SSSR count). The van der Waals surface area contributed by atoms with Gasteiger partial charge in [-0.2, -0.15) is 5.10 Å². The van der Waals surface area contributed by atoms with Crippen LogP contribution in [-0.4, -0.2) is 22.2 Å². The van der Waals surface area contributed by atoms with Gasteiger partial charge in [-0.15, -0.1) is 0 Å². The molecule has 0 saturated carbocycles. The zero-order valence-corrected chi connectivity index (χ0v) is 16.1. The van der Waals surface area contributed by atoms with Crippen LogP contribution in [0.25, 0.3) is 0 Å². The summed E-state index contributed by atoms with van der Waals surface area (Å²) in [5, 5.41) is 10.7. The number of amides is 1. The van der Waals surface area contributed by atoms with E-state index in [9.17, 15) is 4.79 Å². The molecule has 5 nitrogen and oxygen atoms in total. The Labute approximate surface area is 160 Å². The van der Waals surface area contributed by atoms with Crippen LogP contribution < -0.4 is 10.6 Å². The Morgan fingerprint density at radius 2 is 1.81 bits per heavy atom. The Morgan fingerprint density at radius 1 is 1.04 bits per heavy atom. The Bertz CT molecular complexity index is 930. The van der Waals surface area contributed by atoms with Crippen LogP contribution in [0.1, 0.15) is 33.5 Å². The number of aromatic nitrogens is 2. The summed E-state index contributed by atoms with van der Waals surface area (Å²) in [4.78, 5) is 12.6. The highest BCUT2D eigenvalue weighted by Gasteiger charge is 2.11. The van der Waals surface area contributed by atoms with Crippen LogP contribution in [0.5, 0.6) is 0 Å². The topological polar surface area (TPSA) is 59.0 Å². The standard InChI is InChI=1S/C22H26N4O/c1-16-14-24-26(15-16)13-7-12-23-22(27)19-9-4-5-10-21(19)25-20-11-6-8-17(2)18(20)3/h4-6,8-11,14-15,25H,7,12-13H2,1-3H3,(H,23,27). The smallest absolute Gasteiger partial charge is 0.253 e. The van der Waals surface area contributed by atoms with Crippen molar-refractivity contribution in [2.45, 2.75) is 33.7 Å². The molecule has 140 valence electrons. The average molecular weight is 362 g/mol. The number of nitrogens with one attached hydrogen (secondary N) is 2. The molecule has 0 atom stereocenters. The number of hydrogen-bond acceptors (Lipinski definition) is 3. The van der Waals surface area contributed by atoms with Crippen LogP contribution in [0.4, 0.5) is 11.4 Å². The van der Waals surface area contributed by atoms with Gasteiger partial charge in [0, 0.05) is 25.0 Å². The molecular formula is C22H26N4O. The van der Waals surface area contributed by atoms with E-state index in [1.54, 1.807) is 0 Å². The molecule has 2 N–H and O–H groups in total. The van der Waals surface area contributed by atoms with Gasteiger partial charge in [0.1, 0.15) is 0 Å². The van der Waals surface area contributed by atoms with Crippen LogP contribution in [0.2, 0.25) is 0 Å². The van der Waals surface area contributed by atoms with Crippen molar-refractivity contribution in [3.8, 4) is 0 Å². The average Bonchev–Trinajstić information content (AvgIpc) is 3.08. The molecular weight excluding hydrogens is 336 g/mol. The van der Waals surface area contributed by atoms with Gasteiger partial charge in [-0.3, -0.25) is 9.48 Å².